The van der Waals surface area contributed by atoms with Crippen LogP contribution >= 0.6 is 0 Å². The maximum atomic E-state index is 11.0. The molecule has 0 amide bonds. The van der Waals surface area contributed by atoms with Gasteiger partial charge in [-0.3, -0.25) is 4.79 Å². The largest absolute Gasteiger partial charge is 0.466 e. The minimum Gasteiger partial charge on any atom is -0.466 e. The van der Waals surface area contributed by atoms with Crippen molar-refractivity contribution in [1.82, 2.24) is 0 Å². The monoisotopic (exact) mass is 203 g/mol. The second-order valence-corrected chi connectivity index (χ2v) is 2.25. The van der Waals surface area contributed by atoms with Crippen LogP contribution in [-0.2, 0) is 19.1 Å². The van der Waals surface area contributed by atoms with Crippen LogP contribution in [0.15, 0.2) is 5.16 Å². The van der Waals surface area contributed by atoms with Crippen molar-refractivity contribution < 1.29 is 24.3 Å². The summed E-state index contributed by atoms with van der Waals surface area (Å²) < 4.78 is 9.10. The number of ether oxygens (including phenoxy) is 2. The lowest BCUT2D eigenvalue weighted by Crippen LogP contribution is -2.22. The van der Waals surface area contributed by atoms with Gasteiger partial charge in [-0.1, -0.05) is 5.16 Å². The summed E-state index contributed by atoms with van der Waals surface area (Å²) in [5.74, 6) is -1.45. The molecule has 0 saturated carbocycles. The molecular weight excluding hydrogens is 190 g/mol. The zero-order chi connectivity index (χ0) is 11.0. The fraction of sp³-hybridized carbons (Fsp3) is 0.625. The number of rotatable bonds is 5. The highest BCUT2D eigenvalue weighted by atomic mass is 16.5. The standard InChI is InChI=1S/C8H13NO5/c1-3-13-7(10)5-6(9-12)8(11)14-4-2/h12H,3-5H2,1-2H3. The first-order valence-corrected chi connectivity index (χ1v) is 4.19. The SMILES string of the molecule is CCOC(=O)CC(=NO)C(=O)OCC. The normalized spacial score (nSPS) is 10.9. The van der Waals surface area contributed by atoms with E-state index in [-0.39, 0.29) is 25.3 Å². The maximum absolute atomic E-state index is 11.0. The number of hydrogen-bond acceptors (Lipinski definition) is 6. The van der Waals surface area contributed by atoms with Gasteiger partial charge in [0.1, 0.15) is 0 Å². The van der Waals surface area contributed by atoms with Crippen molar-refractivity contribution in [2.45, 2.75) is 20.3 Å². The fourth-order valence-corrected chi connectivity index (χ4v) is 0.711. The molecule has 0 spiro atoms. The predicted octanol–water partition coefficient (Wildman–Crippen LogP) is 0.333. The van der Waals surface area contributed by atoms with Gasteiger partial charge in [-0.25, -0.2) is 4.79 Å². The van der Waals surface area contributed by atoms with Gasteiger partial charge in [-0.05, 0) is 13.8 Å². The molecule has 0 saturated heterocycles. The molecule has 80 valence electrons. The van der Waals surface area contributed by atoms with E-state index in [4.69, 9.17) is 5.21 Å². The second kappa shape index (κ2) is 6.88. The fourth-order valence-electron chi connectivity index (χ4n) is 0.711. The van der Waals surface area contributed by atoms with E-state index in [2.05, 4.69) is 14.6 Å². The molecular formula is C8H13NO5. The van der Waals surface area contributed by atoms with Crippen LogP contribution in [-0.4, -0.2) is 36.1 Å². The molecule has 0 heterocycles. The third-order valence-corrected chi connectivity index (χ3v) is 1.25. The van der Waals surface area contributed by atoms with Gasteiger partial charge in [0, 0.05) is 0 Å². The van der Waals surface area contributed by atoms with Crippen molar-refractivity contribution >= 4 is 17.7 Å². The van der Waals surface area contributed by atoms with Gasteiger partial charge in [0.25, 0.3) is 0 Å². The molecule has 1 N–H and O–H groups in total. The van der Waals surface area contributed by atoms with E-state index in [0.717, 1.165) is 0 Å². The van der Waals surface area contributed by atoms with Crippen LogP contribution in [0.2, 0.25) is 0 Å². The number of nitrogens with zero attached hydrogens (tertiary/aromatic N) is 1. The van der Waals surface area contributed by atoms with Crippen LogP contribution in [0.5, 0.6) is 0 Å². The minimum absolute atomic E-state index is 0.153. The zero-order valence-corrected chi connectivity index (χ0v) is 8.15. The molecule has 0 aromatic rings. The lowest BCUT2D eigenvalue weighted by molar-refractivity contribution is -0.143. The summed E-state index contributed by atoms with van der Waals surface area (Å²) >= 11 is 0. The predicted molar refractivity (Wildman–Crippen MR) is 47.1 cm³/mol. The Labute approximate surface area is 81.5 Å². The number of oxime groups is 1. The van der Waals surface area contributed by atoms with Gasteiger partial charge in [0.05, 0.1) is 19.6 Å². The molecule has 0 atom stereocenters. The highest BCUT2D eigenvalue weighted by Crippen LogP contribution is 1.94. The summed E-state index contributed by atoms with van der Waals surface area (Å²) in [6.07, 6.45) is -0.386. The van der Waals surface area contributed by atoms with Crippen LogP contribution in [0.3, 0.4) is 0 Å². The number of hydrogen-bond donors (Lipinski definition) is 1. The maximum Gasteiger partial charge on any atom is 0.356 e. The highest BCUT2D eigenvalue weighted by molar-refractivity contribution is 6.39. The topological polar surface area (TPSA) is 85.2 Å². The molecule has 0 aliphatic carbocycles. The van der Waals surface area contributed by atoms with Gasteiger partial charge in [-0.2, -0.15) is 0 Å². The Kier molecular flexibility index (Phi) is 6.09. The average molecular weight is 203 g/mol. The summed E-state index contributed by atoms with van der Waals surface area (Å²) in [5, 5.41) is 11.1. The van der Waals surface area contributed by atoms with E-state index >= 15 is 0 Å². The molecule has 0 radical (unpaired) electrons. The van der Waals surface area contributed by atoms with Crippen LogP contribution in [0.25, 0.3) is 0 Å². The van der Waals surface area contributed by atoms with Crippen molar-refractivity contribution in [3.8, 4) is 0 Å². The third-order valence-electron chi connectivity index (χ3n) is 1.25. The Balaban J connectivity index is 4.17. The Morgan fingerprint density at radius 3 is 2.21 bits per heavy atom. The van der Waals surface area contributed by atoms with E-state index in [0.29, 0.717) is 0 Å². The second-order valence-electron chi connectivity index (χ2n) is 2.25. The summed E-state index contributed by atoms with van der Waals surface area (Å²) in [6, 6.07) is 0. The van der Waals surface area contributed by atoms with E-state index in [1.807, 2.05) is 0 Å². The molecule has 0 fully saturated rings. The van der Waals surface area contributed by atoms with Crippen molar-refractivity contribution in [3.05, 3.63) is 0 Å². The Bertz CT molecular complexity index is 236. The molecule has 0 rings (SSSR count). The summed E-state index contributed by atoms with van der Waals surface area (Å²) in [6.45, 7) is 3.61. The van der Waals surface area contributed by atoms with Crippen LogP contribution < -0.4 is 0 Å². The lowest BCUT2D eigenvalue weighted by atomic mass is 10.3. The first-order chi connectivity index (χ1) is 6.65. The Morgan fingerprint density at radius 2 is 1.79 bits per heavy atom. The first kappa shape index (κ1) is 12.4. The third kappa shape index (κ3) is 4.44. The lowest BCUT2D eigenvalue weighted by Gasteiger charge is -2.03. The molecule has 14 heavy (non-hydrogen) atoms. The molecule has 0 aromatic carbocycles. The van der Waals surface area contributed by atoms with Gasteiger partial charge in [0.2, 0.25) is 0 Å². The van der Waals surface area contributed by atoms with Gasteiger partial charge in [-0.15, -0.1) is 0 Å². The van der Waals surface area contributed by atoms with E-state index in [1.54, 1.807) is 13.8 Å². The Morgan fingerprint density at radius 1 is 1.21 bits per heavy atom. The molecule has 0 bridgehead atoms. The van der Waals surface area contributed by atoms with Crippen molar-refractivity contribution in [2.24, 2.45) is 5.16 Å². The van der Waals surface area contributed by atoms with Crippen molar-refractivity contribution in [2.75, 3.05) is 13.2 Å². The molecule has 0 aliphatic heterocycles. The van der Waals surface area contributed by atoms with Crippen molar-refractivity contribution in [1.29, 1.82) is 0 Å². The van der Waals surface area contributed by atoms with Gasteiger partial charge >= 0.3 is 11.9 Å². The van der Waals surface area contributed by atoms with Crippen LogP contribution in [0.4, 0.5) is 0 Å². The molecule has 0 aliphatic rings. The molecule has 6 heteroatoms. The quantitative estimate of drug-likeness (QED) is 0.301. The summed E-state index contributed by atoms with van der Waals surface area (Å²) in [5.41, 5.74) is -0.356. The molecule has 6 nitrogen and oxygen atoms in total. The first-order valence-electron chi connectivity index (χ1n) is 4.19. The van der Waals surface area contributed by atoms with E-state index in [9.17, 15) is 9.59 Å². The minimum atomic E-state index is -0.817. The average Bonchev–Trinajstić information content (AvgIpc) is 2.15. The molecule has 0 aromatic heterocycles. The van der Waals surface area contributed by atoms with Crippen LogP contribution in [0, 0.1) is 0 Å². The van der Waals surface area contributed by atoms with Crippen molar-refractivity contribution in [3.63, 3.8) is 0 Å². The van der Waals surface area contributed by atoms with E-state index < -0.39 is 11.9 Å². The summed E-state index contributed by atoms with van der Waals surface area (Å²) in [7, 11) is 0. The van der Waals surface area contributed by atoms with Crippen LogP contribution in [0.1, 0.15) is 20.3 Å². The van der Waals surface area contributed by atoms with Gasteiger partial charge < -0.3 is 14.7 Å². The van der Waals surface area contributed by atoms with Gasteiger partial charge in [0.15, 0.2) is 5.71 Å². The highest BCUT2D eigenvalue weighted by Gasteiger charge is 2.18. The smallest absolute Gasteiger partial charge is 0.356 e. The summed E-state index contributed by atoms with van der Waals surface area (Å²) in [4.78, 5) is 21.9. The molecule has 0 unspecified atom stereocenters. The Hall–Kier alpha value is -1.59. The zero-order valence-electron chi connectivity index (χ0n) is 8.15. The van der Waals surface area contributed by atoms with E-state index in [1.165, 1.54) is 0 Å². The number of carbonyl (C=O) groups is 2. The number of esters is 2. The number of carbonyl (C=O) groups excluding carboxylic acids is 2.